The van der Waals surface area contributed by atoms with E-state index in [0.29, 0.717) is 12.8 Å². The third kappa shape index (κ3) is 27.8. The van der Waals surface area contributed by atoms with E-state index >= 15 is 0 Å². The summed E-state index contributed by atoms with van der Waals surface area (Å²) in [6, 6.07) is -3.23. The van der Waals surface area contributed by atoms with E-state index in [4.69, 9.17) is 0 Å². The van der Waals surface area contributed by atoms with Crippen molar-refractivity contribution in [3.63, 3.8) is 0 Å². The number of aliphatic carboxylic acids is 4. The molecule has 16 heteroatoms. The van der Waals surface area contributed by atoms with Crippen LogP contribution in [0.5, 0.6) is 0 Å². The van der Waals surface area contributed by atoms with Crippen LogP contribution in [-0.2, 0) is 28.8 Å². The van der Waals surface area contributed by atoms with Crippen LogP contribution in [0.2, 0.25) is 0 Å². The van der Waals surface area contributed by atoms with E-state index in [1.807, 2.05) is 0 Å². The zero-order chi connectivity index (χ0) is 24.5. The van der Waals surface area contributed by atoms with Gasteiger partial charge in [0.05, 0.1) is 24.0 Å². The largest absolute Gasteiger partial charge is 1.00 e. The van der Waals surface area contributed by atoms with E-state index in [1.54, 1.807) is 0 Å². The maximum atomic E-state index is 11.6. The summed E-state index contributed by atoms with van der Waals surface area (Å²) in [5.41, 5.74) is 0. The van der Waals surface area contributed by atoms with Crippen molar-refractivity contribution in [3.05, 3.63) is 0 Å². The van der Waals surface area contributed by atoms with Crippen LogP contribution in [0.1, 0.15) is 77.0 Å². The van der Waals surface area contributed by atoms with Crippen LogP contribution in [0.4, 0.5) is 0 Å². The molecule has 0 aromatic rings. The number of rotatable bonds is 19. The van der Waals surface area contributed by atoms with Gasteiger partial charge in [-0.3, -0.25) is 9.59 Å². The fraction of sp³-hybridized carbons (Fsp3) is 0.700. The van der Waals surface area contributed by atoms with Crippen molar-refractivity contribution < 1.29 is 167 Å². The van der Waals surface area contributed by atoms with E-state index in [9.17, 15) is 49.2 Å². The Kier molecular flexibility index (Phi) is 37.4. The summed E-state index contributed by atoms with van der Waals surface area (Å²) in [5.74, 6) is -7.71. The molecule has 0 aromatic heterocycles. The van der Waals surface area contributed by atoms with Gasteiger partial charge in [0.2, 0.25) is 11.8 Å². The number of carboxylic acids is 4. The summed E-state index contributed by atoms with van der Waals surface area (Å²) in [4.78, 5) is 65.7. The van der Waals surface area contributed by atoms with Crippen LogP contribution in [0.3, 0.4) is 0 Å². The Morgan fingerprint density at radius 3 is 0.944 bits per heavy atom. The summed E-state index contributed by atoms with van der Waals surface area (Å²) in [5, 5.41) is 46.6. The van der Waals surface area contributed by atoms with Crippen molar-refractivity contribution in [2.75, 3.05) is 0 Å². The molecule has 36 heavy (non-hydrogen) atoms. The molecule has 0 heterocycles. The van der Waals surface area contributed by atoms with Gasteiger partial charge in [0, 0.05) is 37.6 Å². The number of unbranched alkanes of at least 4 members (excludes halogenated alkanes) is 7. The predicted octanol–water partition coefficient (Wildman–Crippen LogP) is -16.3. The second kappa shape index (κ2) is 28.8. The molecule has 0 aliphatic carbocycles. The first kappa shape index (κ1) is 46.7. The van der Waals surface area contributed by atoms with Gasteiger partial charge in [-0.25, -0.2) is 0 Å². The Hall–Kier alpha value is 0.820. The molecule has 0 aliphatic rings. The second-order valence-corrected chi connectivity index (χ2v) is 7.36. The molecule has 0 unspecified atom stereocenters. The molecule has 2 N–H and O–H groups in total. The maximum Gasteiger partial charge on any atom is 1.00 e. The Morgan fingerprint density at radius 2 is 0.722 bits per heavy atom. The Bertz CT molecular complexity index is 627. The number of hydrogen-bond donors (Lipinski definition) is 2. The molecule has 0 rings (SSSR count). The molecule has 0 fully saturated rings. The van der Waals surface area contributed by atoms with Gasteiger partial charge in [-0.05, 0) is 12.8 Å². The topological polar surface area (TPSA) is 219 Å². The number of carbonyl (C=O) groups is 6. The van der Waals surface area contributed by atoms with Crippen LogP contribution in [0.15, 0.2) is 0 Å². The van der Waals surface area contributed by atoms with Gasteiger partial charge in [-0.2, -0.15) is 0 Å². The van der Waals surface area contributed by atoms with Crippen LogP contribution in [0, 0.1) is 0 Å². The molecular formula is C20H28N2Na4O10. The minimum Gasteiger partial charge on any atom is -0.550 e. The molecular weight excluding hydrogens is 520 g/mol. The quantitative estimate of drug-likeness (QED) is 0.115. The van der Waals surface area contributed by atoms with Crippen LogP contribution >= 0.6 is 0 Å². The van der Waals surface area contributed by atoms with E-state index < -0.39 is 60.6 Å². The summed E-state index contributed by atoms with van der Waals surface area (Å²) in [7, 11) is 0. The number of amides is 2. The Morgan fingerprint density at radius 1 is 0.472 bits per heavy atom. The Labute approximate surface area is 299 Å². The molecule has 182 valence electrons. The summed E-state index contributed by atoms with van der Waals surface area (Å²) in [6.45, 7) is 0. The molecule has 0 spiro atoms. The van der Waals surface area contributed by atoms with Gasteiger partial charge in [0.1, 0.15) is 0 Å². The van der Waals surface area contributed by atoms with Crippen molar-refractivity contribution >= 4 is 35.7 Å². The molecule has 0 bridgehead atoms. The minimum absolute atomic E-state index is 0. The van der Waals surface area contributed by atoms with E-state index in [1.165, 1.54) is 0 Å². The third-order valence-electron chi connectivity index (χ3n) is 4.54. The van der Waals surface area contributed by atoms with Crippen molar-refractivity contribution in [3.8, 4) is 0 Å². The van der Waals surface area contributed by atoms with Crippen molar-refractivity contribution in [1.29, 1.82) is 0 Å². The summed E-state index contributed by atoms with van der Waals surface area (Å²) >= 11 is 0. The van der Waals surface area contributed by atoms with Crippen molar-refractivity contribution in [1.82, 2.24) is 10.6 Å². The van der Waals surface area contributed by atoms with Gasteiger partial charge in [-0.1, -0.05) is 38.5 Å². The van der Waals surface area contributed by atoms with Crippen molar-refractivity contribution in [2.45, 2.75) is 89.1 Å². The van der Waals surface area contributed by atoms with Gasteiger partial charge in [0.15, 0.2) is 0 Å². The Balaban J connectivity index is -0.000000801. The van der Waals surface area contributed by atoms with Crippen molar-refractivity contribution in [2.24, 2.45) is 0 Å². The second-order valence-electron chi connectivity index (χ2n) is 7.36. The predicted molar refractivity (Wildman–Crippen MR) is 99.3 cm³/mol. The van der Waals surface area contributed by atoms with E-state index in [-0.39, 0.29) is 131 Å². The number of carbonyl (C=O) groups excluding carboxylic acids is 6. The molecule has 0 radical (unpaired) electrons. The third-order valence-corrected chi connectivity index (χ3v) is 4.54. The number of nitrogens with one attached hydrogen (secondary N) is 2. The SMILES string of the molecule is O=C([O-])C[C@H](NC(=O)CCCCCCCCCCC(=O)N[C@@H](CC(=O)[O-])C(=O)[O-])C(=O)[O-].[Na+].[Na+].[Na+].[Na+]. The maximum absolute atomic E-state index is 11.6. The average Bonchev–Trinajstić information content (AvgIpc) is 2.67. The molecule has 0 saturated carbocycles. The van der Waals surface area contributed by atoms with Gasteiger partial charge >= 0.3 is 118 Å². The van der Waals surface area contributed by atoms with Gasteiger partial charge < -0.3 is 50.2 Å². The monoisotopic (exact) mass is 548 g/mol. The van der Waals surface area contributed by atoms with Crippen LogP contribution in [-0.4, -0.2) is 47.8 Å². The van der Waals surface area contributed by atoms with Crippen LogP contribution in [0.25, 0.3) is 0 Å². The molecule has 2 atom stereocenters. The number of hydrogen-bond acceptors (Lipinski definition) is 10. The number of carboxylic acid groups (broad SMARTS) is 4. The first-order valence-electron chi connectivity index (χ1n) is 10.4. The van der Waals surface area contributed by atoms with Gasteiger partial charge in [-0.15, -0.1) is 0 Å². The zero-order valence-corrected chi connectivity index (χ0v) is 29.7. The molecule has 0 saturated heterocycles. The fourth-order valence-electron chi connectivity index (χ4n) is 2.88. The molecule has 12 nitrogen and oxygen atoms in total. The summed E-state index contributed by atoms with van der Waals surface area (Å²) < 4.78 is 0. The first-order valence-corrected chi connectivity index (χ1v) is 10.4. The normalized spacial score (nSPS) is 11.0. The fourth-order valence-corrected chi connectivity index (χ4v) is 2.88. The minimum atomic E-state index is -1.68. The van der Waals surface area contributed by atoms with E-state index in [2.05, 4.69) is 10.6 Å². The smallest absolute Gasteiger partial charge is 0.550 e. The van der Waals surface area contributed by atoms with E-state index in [0.717, 1.165) is 38.5 Å². The zero-order valence-electron chi connectivity index (χ0n) is 21.7. The molecule has 0 aliphatic heterocycles. The molecule has 0 aromatic carbocycles. The van der Waals surface area contributed by atoms with Gasteiger partial charge in [0.25, 0.3) is 0 Å². The standard InChI is InChI=1S/C20H32N2O10.4Na/c23-15(21-13(19(29)30)11-17(25)26)9-7-5-3-1-2-4-6-8-10-16(24)22-14(20(31)32)12-18(27)28;;;;/h13-14H,1-12H2,(H,21,23)(H,22,24)(H,25,26)(H,27,28)(H,29,30)(H,31,32);;;;/q;4*+1/p-4/t13-,14-;;;;/m0..../s1. The van der Waals surface area contributed by atoms with Crippen LogP contribution < -0.4 is 149 Å². The average molecular weight is 548 g/mol. The summed E-state index contributed by atoms with van der Waals surface area (Å²) in [6.07, 6.45) is 4.38. The molecule has 2 amide bonds. The first-order chi connectivity index (χ1) is 15.0.